The molecule has 0 aromatic heterocycles. The van der Waals surface area contributed by atoms with Gasteiger partial charge in [0.05, 0.1) is 0 Å². The molecule has 1 spiro atoms. The van der Waals surface area contributed by atoms with Crippen molar-refractivity contribution in [1.29, 1.82) is 0 Å². The highest BCUT2D eigenvalue weighted by Gasteiger charge is 2.38. The summed E-state index contributed by atoms with van der Waals surface area (Å²) in [5, 5.41) is 12.4. The summed E-state index contributed by atoms with van der Waals surface area (Å²) in [5.41, 5.74) is 0.464. The largest absolute Gasteiger partial charge is 0.396 e. The zero-order valence-electron chi connectivity index (χ0n) is 10.4. The first-order chi connectivity index (χ1) is 7.87. The van der Waals surface area contributed by atoms with E-state index >= 15 is 0 Å². The molecular formula is C13H26N2O. The molecule has 3 nitrogen and oxygen atoms in total. The van der Waals surface area contributed by atoms with Crippen molar-refractivity contribution in [1.82, 2.24) is 10.2 Å². The van der Waals surface area contributed by atoms with Crippen molar-refractivity contribution in [2.45, 2.75) is 50.5 Å². The Morgan fingerprint density at radius 2 is 1.94 bits per heavy atom. The molecule has 2 fully saturated rings. The van der Waals surface area contributed by atoms with Gasteiger partial charge in [0.2, 0.25) is 0 Å². The Morgan fingerprint density at radius 3 is 2.69 bits per heavy atom. The lowest BCUT2D eigenvalue weighted by atomic mass is 9.79. The van der Waals surface area contributed by atoms with Gasteiger partial charge in [0.25, 0.3) is 0 Å². The molecule has 1 heterocycles. The summed E-state index contributed by atoms with van der Waals surface area (Å²) in [4.78, 5) is 2.71. The smallest absolute Gasteiger partial charge is 0.0431 e. The van der Waals surface area contributed by atoms with E-state index in [4.69, 9.17) is 5.11 Å². The van der Waals surface area contributed by atoms with Gasteiger partial charge < -0.3 is 10.4 Å². The average Bonchev–Trinajstić information content (AvgIpc) is 2.33. The molecule has 2 aliphatic rings. The number of hydrogen-bond acceptors (Lipinski definition) is 3. The summed E-state index contributed by atoms with van der Waals surface area (Å²) in [6, 6.07) is 0. The third-order valence-electron chi connectivity index (χ3n) is 4.30. The molecule has 0 radical (unpaired) electrons. The van der Waals surface area contributed by atoms with Crippen LogP contribution in [0.3, 0.4) is 0 Å². The maximum absolute atomic E-state index is 8.87. The van der Waals surface area contributed by atoms with Crippen LogP contribution < -0.4 is 5.32 Å². The number of nitrogens with zero attached hydrogens (tertiary/aromatic N) is 1. The van der Waals surface area contributed by atoms with Gasteiger partial charge in [-0.2, -0.15) is 0 Å². The number of unbranched alkanes of at least 4 members (excludes halogenated alkanes) is 1. The Morgan fingerprint density at radius 1 is 1.12 bits per heavy atom. The molecule has 0 unspecified atom stereocenters. The van der Waals surface area contributed by atoms with Crippen LogP contribution in [0.1, 0.15) is 44.9 Å². The summed E-state index contributed by atoms with van der Waals surface area (Å²) >= 11 is 0. The lowest BCUT2D eigenvalue weighted by Crippen LogP contribution is -2.62. The fourth-order valence-electron chi connectivity index (χ4n) is 3.35. The molecule has 1 saturated carbocycles. The SMILES string of the molecule is OCCCCN1CCNCC12CCCCC2. The quantitative estimate of drug-likeness (QED) is 0.711. The number of aliphatic hydroxyl groups is 1. The number of hydrogen-bond donors (Lipinski definition) is 2. The summed E-state index contributed by atoms with van der Waals surface area (Å²) in [6.45, 7) is 5.06. The Balaban J connectivity index is 1.90. The van der Waals surface area contributed by atoms with Gasteiger partial charge in [0.1, 0.15) is 0 Å². The highest BCUT2D eigenvalue weighted by atomic mass is 16.2. The van der Waals surface area contributed by atoms with E-state index in [0.717, 1.165) is 19.4 Å². The normalized spacial score (nSPS) is 26.1. The van der Waals surface area contributed by atoms with Crippen LogP contribution in [-0.4, -0.2) is 48.3 Å². The van der Waals surface area contributed by atoms with Gasteiger partial charge in [-0.05, 0) is 32.2 Å². The first-order valence-corrected chi connectivity index (χ1v) is 6.94. The van der Waals surface area contributed by atoms with E-state index in [9.17, 15) is 0 Å². The third kappa shape index (κ3) is 2.76. The molecule has 94 valence electrons. The summed E-state index contributed by atoms with van der Waals surface area (Å²) < 4.78 is 0. The van der Waals surface area contributed by atoms with Crippen LogP contribution in [0.4, 0.5) is 0 Å². The van der Waals surface area contributed by atoms with Crippen LogP contribution in [0, 0.1) is 0 Å². The first kappa shape index (κ1) is 12.3. The van der Waals surface area contributed by atoms with E-state index in [0.29, 0.717) is 12.1 Å². The van der Waals surface area contributed by atoms with Crippen LogP contribution in [0.2, 0.25) is 0 Å². The second kappa shape index (κ2) is 5.99. The third-order valence-corrected chi connectivity index (χ3v) is 4.30. The Labute approximate surface area is 99.2 Å². The molecule has 0 amide bonds. The van der Waals surface area contributed by atoms with Crippen molar-refractivity contribution in [3.8, 4) is 0 Å². The summed E-state index contributed by atoms with van der Waals surface area (Å²) in [5.74, 6) is 0. The molecule has 1 saturated heterocycles. The molecule has 1 aliphatic carbocycles. The number of rotatable bonds is 4. The number of piperazine rings is 1. The lowest BCUT2D eigenvalue weighted by molar-refractivity contribution is 0.0255. The highest BCUT2D eigenvalue weighted by molar-refractivity contribution is 4.97. The molecule has 0 bridgehead atoms. The molecule has 0 atom stereocenters. The Kier molecular flexibility index (Phi) is 4.62. The van der Waals surface area contributed by atoms with Crippen molar-refractivity contribution in [2.24, 2.45) is 0 Å². The number of aliphatic hydroxyl groups excluding tert-OH is 1. The van der Waals surface area contributed by atoms with E-state index in [1.807, 2.05) is 0 Å². The van der Waals surface area contributed by atoms with Crippen molar-refractivity contribution >= 4 is 0 Å². The monoisotopic (exact) mass is 226 g/mol. The van der Waals surface area contributed by atoms with Crippen LogP contribution in [0.5, 0.6) is 0 Å². The van der Waals surface area contributed by atoms with E-state index in [1.165, 1.54) is 51.7 Å². The van der Waals surface area contributed by atoms with Gasteiger partial charge in [0, 0.05) is 31.8 Å². The van der Waals surface area contributed by atoms with Crippen molar-refractivity contribution < 1.29 is 5.11 Å². The summed E-state index contributed by atoms with van der Waals surface area (Å²) in [6.07, 6.45) is 9.08. The van der Waals surface area contributed by atoms with E-state index < -0.39 is 0 Å². The van der Waals surface area contributed by atoms with E-state index in [2.05, 4.69) is 10.2 Å². The van der Waals surface area contributed by atoms with Crippen LogP contribution in [0.25, 0.3) is 0 Å². The van der Waals surface area contributed by atoms with Gasteiger partial charge in [-0.3, -0.25) is 4.90 Å². The molecule has 16 heavy (non-hydrogen) atoms. The van der Waals surface area contributed by atoms with E-state index in [1.54, 1.807) is 0 Å². The maximum atomic E-state index is 8.87. The van der Waals surface area contributed by atoms with Gasteiger partial charge in [0.15, 0.2) is 0 Å². The van der Waals surface area contributed by atoms with Crippen molar-refractivity contribution in [3.63, 3.8) is 0 Å². The van der Waals surface area contributed by atoms with Crippen LogP contribution in [0.15, 0.2) is 0 Å². The predicted molar refractivity (Wildman–Crippen MR) is 66.6 cm³/mol. The minimum Gasteiger partial charge on any atom is -0.396 e. The molecule has 1 aliphatic heterocycles. The molecule has 2 N–H and O–H groups in total. The van der Waals surface area contributed by atoms with Crippen molar-refractivity contribution in [3.05, 3.63) is 0 Å². The Bertz CT molecular complexity index is 194. The van der Waals surface area contributed by atoms with Crippen LogP contribution >= 0.6 is 0 Å². The molecule has 0 aromatic rings. The van der Waals surface area contributed by atoms with E-state index in [-0.39, 0.29) is 0 Å². The van der Waals surface area contributed by atoms with Gasteiger partial charge in [-0.1, -0.05) is 19.3 Å². The second-order valence-corrected chi connectivity index (χ2v) is 5.38. The fraction of sp³-hybridized carbons (Fsp3) is 1.00. The maximum Gasteiger partial charge on any atom is 0.0431 e. The van der Waals surface area contributed by atoms with Crippen molar-refractivity contribution in [2.75, 3.05) is 32.8 Å². The molecule has 2 rings (SSSR count). The number of nitrogens with one attached hydrogen (secondary N) is 1. The minimum atomic E-state index is 0.346. The van der Waals surface area contributed by atoms with Gasteiger partial charge >= 0.3 is 0 Å². The topological polar surface area (TPSA) is 35.5 Å². The summed E-state index contributed by atoms with van der Waals surface area (Å²) in [7, 11) is 0. The standard InChI is InChI=1S/C13H26N2O/c16-11-5-4-9-15-10-8-14-12-13(15)6-2-1-3-7-13/h14,16H,1-12H2. The van der Waals surface area contributed by atoms with Crippen LogP contribution in [-0.2, 0) is 0 Å². The average molecular weight is 226 g/mol. The zero-order chi connectivity index (χ0) is 11.3. The minimum absolute atomic E-state index is 0.346. The lowest BCUT2D eigenvalue weighted by Gasteiger charge is -2.50. The van der Waals surface area contributed by atoms with Gasteiger partial charge in [-0.15, -0.1) is 0 Å². The predicted octanol–water partition coefficient (Wildman–Crippen LogP) is 1.37. The molecular weight excluding hydrogens is 200 g/mol. The molecule has 0 aromatic carbocycles. The first-order valence-electron chi connectivity index (χ1n) is 6.94. The zero-order valence-corrected chi connectivity index (χ0v) is 10.4. The second-order valence-electron chi connectivity index (χ2n) is 5.38. The van der Waals surface area contributed by atoms with Gasteiger partial charge in [-0.25, -0.2) is 0 Å². The highest BCUT2D eigenvalue weighted by Crippen LogP contribution is 2.34. The Hall–Kier alpha value is -0.120. The fourth-order valence-corrected chi connectivity index (χ4v) is 3.35. The molecule has 3 heteroatoms.